The third-order valence-corrected chi connectivity index (χ3v) is 1.74. The minimum atomic E-state index is 0.169. The maximum absolute atomic E-state index is 5.28. The van der Waals surface area contributed by atoms with E-state index >= 15 is 0 Å². The molecule has 2 heteroatoms. The summed E-state index contributed by atoms with van der Waals surface area (Å²) in [5.41, 5.74) is 0. The van der Waals surface area contributed by atoms with Crippen molar-refractivity contribution in [2.24, 2.45) is 0 Å². The van der Waals surface area contributed by atoms with Crippen molar-refractivity contribution in [3.63, 3.8) is 0 Å². The predicted molar refractivity (Wildman–Crippen MR) is 28.2 cm³/mol. The molecule has 0 aliphatic carbocycles. The Morgan fingerprint density at radius 3 is 1.88 bits per heavy atom. The van der Waals surface area contributed by atoms with Crippen LogP contribution in [-0.4, -0.2) is 12.6 Å². The van der Waals surface area contributed by atoms with Crippen molar-refractivity contribution < 1.29 is 9.47 Å². The molecule has 0 unspecified atom stereocenters. The highest BCUT2D eigenvalue weighted by Crippen LogP contribution is 2.29. The Hall–Kier alpha value is -0.0800. The maximum atomic E-state index is 5.28. The first kappa shape index (κ1) is 4.77. The minimum Gasteiger partial charge on any atom is -0.324 e. The molecule has 2 nitrogen and oxygen atoms in total. The second-order valence-electron chi connectivity index (χ2n) is 2.42. The maximum Gasteiger partial charge on any atom is 0.163 e. The van der Waals surface area contributed by atoms with E-state index in [2.05, 4.69) is 0 Å². The van der Waals surface area contributed by atoms with Gasteiger partial charge < -0.3 is 9.47 Å². The number of rotatable bonds is 0. The summed E-state index contributed by atoms with van der Waals surface area (Å²) < 4.78 is 10.6. The molecule has 3 aliphatic heterocycles. The molecule has 3 fully saturated rings. The van der Waals surface area contributed by atoms with Crippen LogP contribution in [0.3, 0.4) is 0 Å². The Balaban J connectivity index is 1.95. The molecule has 8 heavy (non-hydrogen) atoms. The van der Waals surface area contributed by atoms with Gasteiger partial charge in [0.1, 0.15) is 0 Å². The van der Waals surface area contributed by atoms with Gasteiger partial charge in [0.2, 0.25) is 0 Å². The van der Waals surface area contributed by atoms with Gasteiger partial charge in [-0.1, -0.05) is 0 Å². The van der Waals surface area contributed by atoms with Crippen LogP contribution < -0.4 is 0 Å². The fraction of sp³-hybridized carbons (Fsp3) is 1.00. The monoisotopic (exact) mass is 114 g/mol. The molecule has 0 spiro atoms. The van der Waals surface area contributed by atoms with E-state index in [0.717, 1.165) is 12.8 Å². The van der Waals surface area contributed by atoms with Gasteiger partial charge in [-0.3, -0.25) is 0 Å². The lowest BCUT2D eigenvalue weighted by Crippen LogP contribution is -2.38. The van der Waals surface area contributed by atoms with Gasteiger partial charge in [-0.15, -0.1) is 0 Å². The lowest BCUT2D eigenvalue weighted by molar-refractivity contribution is -0.379. The topological polar surface area (TPSA) is 18.5 Å². The zero-order chi connectivity index (χ0) is 5.40. The highest BCUT2D eigenvalue weighted by Gasteiger charge is 2.32. The average Bonchev–Trinajstić information content (AvgIpc) is 1.89. The van der Waals surface area contributed by atoms with Gasteiger partial charge in [0.25, 0.3) is 0 Å². The Kier molecular flexibility index (Phi) is 1.02. The smallest absolute Gasteiger partial charge is 0.163 e. The summed E-state index contributed by atoms with van der Waals surface area (Å²) in [6, 6.07) is 0. The SMILES string of the molecule is C1CCC2OC(C1)O2. The first-order valence-electron chi connectivity index (χ1n) is 3.26. The summed E-state index contributed by atoms with van der Waals surface area (Å²) in [5.74, 6) is 0. The van der Waals surface area contributed by atoms with E-state index in [1.807, 2.05) is 0 Å². The lowest BCUT2D eigenvalue weighted by Gasteiger charge is -2.33. The van der Waals surface area contributed by atoms with Crippen LogP contribution in [0.4, 0.5) is 0 Å². The molecule has 3 saturated heterocycles. The van der Waals surface area contributed by atoms with Gasteiger partial charge in [0.15, 0.2) is 12.6 Å². The average molecular weight is 114 g/mol. The van der Waals surface area contributed by atoms with Crippen molar-refractivity contribution in [2.75, 3.05) is 0 Å². The van der Waals surface area contributed by atoms with Gasteiger partial charge >= 0.3 is 0 Å². The van der Waals surface area contributed by atoms with Gasteiger partial charge in [0.05, 0.1) is 0 Å². The lowest BCUT2D eigenvalue weighted by atomic mass is 10.2. The third kappa shape index (κ3) is 0.644. The van der Waals surface area contributed by atoms with Crippen molar-refractivity contribution in [3.05, 3.63) is 0 Å². The minimum absolute atomic E-state index is 0.169. The Labute approximate surface area is 48.8 Å². The molecule has 0 radical (unpaired) electrons. The van der Waals surface area contributed by atoms with Gasteiger partial charge in [-0.05, 0) is 25.7 Å². The predicted octanol–water partition coefficient (Wildman–Crippen LogP) is 1.26. The van der Waals surface area contributed by atoms with Gasteiger partial charge in [0, 0.05) is 0 Å². The van der Waals surface area contributed by atoms with Crippen LogP contribution in [0.1, 0.15) is 25.7 Å². The highest BCUT2D eigenvalue weighted by atomic mass is 16.9. The standard InChI is InChI=1S/C6H10O2/c1-2-4-6-7-5(3-1)8-6/h5-6H,1-4H2. The quantitative estimate of drug-likeness (QED) is 0.472. The van der Waals surface area contributed by atoms with E-state index < -0.39 is 0 Å². The fourth-order valence-corrected chi connectivity index (χ4v) is 1.24. The molecule has 0 aromatic rings. The molecule has 0 atom stereocenters. The molecule has 3 rings (SSSR count). The molecule has 0 N–H and O–H groups in total. The molecular formula is C6H10O2. The zero-order valence-corrected chi connectivity index (χ0v) is 4.80. The van der Waals surface area contributed by atoms with Crippen LogP contribution in [-0.2, 0) is 9.47 Å². The van der Waals surface area contributed by atoms with Crippen LogP contribution in [0.25, 0.3) is 0 Å². The Bertz CT molecular complexity index is 71.0. The number of fused-ring (bicyclic) bond motifs is 3. The van der Waals surface area contributed by atoms with E-state index in [4.69, 9.17) is 9.47 Å². The van der Waals surface area contributed by atoms with Gasteiger partial charge in [-0.25, -0.2) is 0 Å². The van der Waals surface area contributed by atoms with Crippen LogP contribution >= 0.6 is 0 Å². The summed E-state index contributed by atoms with van der Waals surface area (Å²) >= 11 is 0. The normalized spacial score (nSPS) is 45.0. The summed E-state index contributed by atoms with van der Waals surface area (Å²) in [7, 11) is 0. The van der Waals surface area contributed by atoms with Gasteiger partial charge in [-0.2, -0.15) is 0 Å². The molecule has 0 saturated carbocycles. The number of hydrogen-bond donors (Lipinski definition) is 0. The molecular weight excluding hydrogens is 104 g/mol. The summed E-state index contributed by atoms with van der Waals surface area (Å²) in [6.07, 6.45) is 5.11. The second kappa shape index (κ2) is 1.71. The van der Waals surface area contributed by atoms with Crippen LogP contribution in [0.2, 0.25) is 0 Å². The molecule has 0 amide bonds. The summed E-state index contributed by atoms with van der Waals surface area (Å²) in [5, 5.41) is 0. The molecule has 3 heterocycles. The van der Waals surface area contributed by atoms with Crippen molar-refractivity contribution in [3.8, 4) is 0 Å². The highest BCUT2D eigenvalue weighted by molar-refractivity contribution is 4.65. The van der Waals surface area contributed by atoms with E-state index in [1.165, 1.54) is 12.8 Å². The zero-order valence-electron chi connectivity index (χ0n) is 4.80. The van der Waals surface area contributed by atoms with Crippen LogP contribution in [0.15, 0.2) is 0 Å². The first-order chi connectivity index (χ1) is 3.95. The third-order valence-electron chi connectivity index (χ3n) is 1.74. The van der Waals surface area contributed by atoms with E-state index in [-0.39, 0.29) is 12.6 Å². The molecule has 0 aromatic carbocycles. The molecule has 3 aliphatic rings. The number of ether oxygens (including phenoxy) is 2. The molecule has 2 bridgehead atoms. The molecule has 0 aromatic heterocycles. The largest absolute Gasteiger partial charge is 0.324 e. The first-order valence-corrected chi connectivity index (χ1v) is 3.26. The van der Waals surface area contributed by atoms with Crippen molar-refractivity contribution in [2.45, 2.75) is 38.3 Å². The summed E-state index contributed by atoms with van der Waals surface area (Å²) in [4.78, 5) is 0. The Morgan fingerprint density at radius 2 is 1.38 bits per heavy atom. The Morgan fingerprint density at radius 1 is 0.875 bits per heavy atom. The fourth-order valence-electron chi connectivity index (χ4n) is 1.24. The van der Waals surface area contributed by atoms with E-state index in [0.29, 0.717) is 0 Å². The van der Waals surface area contributed by atoms with Crippen molar-refractivity contribution in [1.29, 1.82) is 0 Å². The van der Waals surface area contributed by atoms with E-state index in [9.17, 15) is 0 Å². The van der Waals surface area contributed by atoms with Crippen LogP contribution in [0.5, 0.6) is 0 Å². The summed E-state index contributed by atoms with van der Waals surface area (Å²) in [6.45, 7) is 0. The van der Waals surface area contributed by atoms with Crippen LogP contribution in [0, 0.1) is 0 Å². The second-order valence-corrected chi connectivity index (χ2v) is 2.42. The molecule has 46 valence electrons. The number of hydrogen-bond acceptors (Lipinski definition) is 2. The van der Waals surface area contributed by atoms with Crippen molar-refractivity contribution in [1.82, 2.24) is 0 Å². The van der Waals surface area contributed by atoms with Crippen molar-refractivity contribution >= 4 is 0 Å². The van der Waals surface area contributed by atoms with E-state index in [1.54, 1.807) is 0 Å².